The highest BCUT2D eigenvalue weighted by Gasteiger charge is 2.33. The van der Waals surface area contributed by atoms with Crippen molar-refractivity contribution in [3.05, 3.63) is 59.1 Å². The zero-order valence-corrected chi connectivity index (χ0v) is 14.0. The Morgan fingerprint density at radius 3 is 2.67 bits per heavy atom. The van der Waals surface area contributed by atoms with Crippen LogP contribution in [0.15, 0.2) is 48.5 Å². The molecule has 0 unspecified atom stereocenters. The van der Waals surface area contributed by atoms with Gasteiger partial charge in [-0.2, -0.15) is 0 Å². The van der Waals surface area contributed by atoms with Crippen molar-refractivity contribution in [2.45, 2.75) is 19.4 Å². The molecular formula is C18H18ClN3O2. The highest BCUT2D eigenvalue weighted by atomic mass is 35.5. The molecular weight excluding hydrogens is 326 g/mol. The van der Waals surface area contributed by atoms with E-state index in [1.54, 1.807) is 29.2 Å². The van der Waals surface area contributed by atoms with Gasteiger partial charge in [0, 0.05) is 22.9 Å². The average molecular weight is 344 g/mol. The zero-order valence-electron chi connectivity index (χ0n) is 13.3. The summed E-state index contributed by atoms with van der Waals surface area (Å²) in [7, 11) is 0. The van der Waals surface area contributed by atoms with Crippen LogP contribution in [-0.2, 0) is 4.79 Å². The molecule has 0 bridgehead atoms. The van der Waals surface area contributed by atoms with Crippen molar-refractivity contribution in [3.63, 3.8) is 0 Å². The molecule has 124 valence electrons. The Labute approximate surface area is 145 Å². The third-order valence-electron chi connectivity index (χ3n) is 3.94. The largest absolute Gasteiger partial charge is 0.326 e. The maximum atomic E-state index is 12.5. The van der Waals surface area contributed by atoms with Gasteiger partial charge in [-0.25, -0.2) is 4.79 Å². The molecule has 2 aromatic carbocycles. The number of halogens is 1. The summed E-state index contributed by atoms with van der Waals surface area (Å²) in [5.74, 6) is -0.0971. The van der Waals surface area contributed by atoms with Gasteiger partial charge in [0.1, 0.15) is 6.04 Å². The van der Waals surface area contributed by atoms with Crippen LogP contribution in [-0.4, -0.2) is 24.5 Å². The molecule has 0 aromatic heterocycles. The summed E-state index contributed by atoms with van der Waals surface area (Å²) in [5, 5.41) is 5.95. The molecule has 1 saturated heterocycles. The number of aryl methyl sites for hydroxylation is 1. The quantitative estimate of drug-likeness (QED) is 0.894. The fraction of sp³-hybridized carbons (Fsp3) is 0.222. The Bertz CT molecular complexity index is 761. The van der Waals surface area contributed by atoms with Crippen molar-refractivity contribution >= 4 is 34.9 Å². The molecule has 0 saturated carbocycles. The summed E-state index contributed by atoms with van der Waals surface area (Å²) in [5.41, 5.74) is 2.58. The molecule has 2 aromatic rings. The van der Waals surface area contributed by atoms with E-state index in [-0.39, 0.29) is 5.91 Å². The summed E-state index contributed by atoms with van der Waals surface area (Å²) in [4.78, 5) is 26.3. The van der Waals surface area contributed by atoms with E-state index >= 15 is 0 Å². The van der Waals surface area contributed by atoms with Crippen LogP contribution in [0.1, 0.15) is 12.0 Å². The monoisotopic (exact) mass is 343 g/mol. The van der Waals surface area contributed by atoms with E-state index in [1.165, 1.54) is 0 Å². The van der Waals surface area contributed by atoms with Crippen molar-refractivity contribution in [1.82, 2.24) is 5.32 Å². The molecule has 1 aliphatic rings. The molecule has 1 atom stereocenters. The third kappa shape index (κ3) is 3.68. The molecule has 24 heavy (non-hydrogen) atoms. The Morgan fingerprint density at radius 2 is 1.96 bits per heavy atom. The topological polar surface area (TPSA) is 61.4 Å². The van der Waals surface area contributed by atoms with Crippen LogP contribution in [0.5, 0.6) is 0 Å². The van der Waals surface area contributed by atoms with Gasteiger partial charge in [-0.1, -0.05) is 35.4 Å². The molecule has 6 heteroatoms. The number of rotatable bonds is 3. The molecule has 1 heterocycles. The van der Waals surface area contributed by atoms with Crippen LogP contribution in [0.3, 0.4) is 0 Å². The number of carbonyl (C=O) groups excluding carboxylic acids is 2. The Hall–Kier alpha value is -2.53. The van der Waals surface area contributed by atoms with Crippen molar-refractivity contribution in [2.75, 3.05) is 16.8 Å². The predicted molar refractivity (Wildman–Crippen MR) is 95.5 cm³/mol. The summed E-state index contributed by atoms with van der Waals surface area (Å²) in [6.45, 7) is 2.59. The number of nitrogens with zero attached hydrogens (tertiary/aromatic N) is 1. The van der Waals surface area contributed by atoms with E-state index in [1.807, 2.05) is 31.2 Å². The number of carbonyl (C=O) groups is 2. The van der Waals surface area contributed by atoms with Crippen molar-refractivity contribution in [2.24, 2.45) is 0 Å². The van der Waals surface area contributed by atoms with E-state index in [2.05, 4.69) is 10.6 Å². The lowest BCUT2D eigenvalue weighted by Gasteiger charge is -2.17. The van der Waals surface area contributed by atoms with E-state index in [9.17, 15) is 9.59 Å². The Balaban J connectivity index is 1.61. The maximum absolute atomic E-state index is 12.5. The molecule has 0 spiro atoms. The summed E-state index contributed by atoms with van der Waals surface area (Å²) in [6, 6.07) is 13.7. The molecule has 1 aliphatic heterocycles. The lowest BCUT2D eigenvalue weighted by Crippen LogP contribution is -2.43. The first-order chi connectivity index (χ1) is 11.5. The highest BCUT2D eigenvalue weighted by Crippen LogP contribution is 2.22. The minimum absolute atomic E-state index is 0.0971. The van der Waals surface area contributed by atoms with Gasteiger partial charge in [0.2, 0.25) is 5.91 Å². The second kappa shape index (κ2) is 6.93. The van der Waals surface area contributed by atoms with Crippen molar-refractivity contribution in [3.8, 4) is 0 Å². The highest BCUT2D eigenvalue weighted by molar-refractivity contribution is 6.30. The molecule has 3 rings (SSSR count). The standard InChI is InChI=1S/C18H18ClN3O2/c1-12-5-7-15(8-6-12)22-10-9-16(17(22)23)21-18(24)20-14-4-2-3-13(19)11-14/h2-8,11,16H,9-10H2,1H3,(H2,20,21,24)/t16-/m1/s1. The number of amides is 3. The van der Waals surface area contributed by atoms with Gasteiger partial charge in [0.05, 0.1) is 0 Å². The van der Waals surface area contributed by atoms with Crippen molar-refractivity contribution in [1.29, 1.82) is 0 Å². The maximum Gasteiger partial charge on any atom is 0.319 e. The first kappa shape index (κ1) is 16.3. The van der Waals surface area contributed by atoms with Crippen LogP contribution < -0.4 is 15.5 Å². The van der Waals surface area contributed by atoms with Gasteiger partial charge in [0.25, 0.3) is 0 Å². The van der Waals surface area contributed by atoms with Crippen LogP contribution in [0, 0.1) is 6.92 Å². The molecule has 2 N–H and O–H groups in total. The molecule has 3 amide bonds. The van der Waals surface area contributed by atoms with Crippen LogP contribution in [0.2, 0.25) is 5.02 Å². The van der Waals surface area contributed by atoms with Gasteiger partial charge < -0.3 is 15.5 Å². The average Bonchev–Trinajstić information content (AvgIpc) is 2.89. The van der Waals surface area contributed by atoms with Gasteiger partial charge in [-0.3, -0.25) is 4.79 Å². The number of nitrogens with one attached hydrogen (secondary N) is 2. The second-order valence-corrected chi connectivity index (χ2v) is 6.21. The van der Waals surface area contributed by atoms with Gasteiger partial charge in [0.15, 0.2) is 0 Å². The normalized spacial score (nSPS) is 17.0. The molecule has 1 fully saturated rings. The van der Waals surface area contributed by atoms with Crippen LogP contribution in [0.25, 0.3) is 0 Å². The minimum atomic E-state index is -0.523. The van der Waals surface area contributed by atoms with Crippen LogP contribution in [0.4, 0.5) is 16.2 Å². The Morgan fingerprint density at radius 1 is 1.21 bits per heavy atom. The third-order valence-corrected chi connectivity index (χ3v) is 4.17. The smallest absolute Gasteiger partial charge is 0.319 e. The number of urea groups is 1. The Kier molecular flexibility index (Phi) is 4.71. The van der Waals surface area contributed by atoms with Crippen LogP contribution >= 0.6 is 11.6 Å². The van der Waals surface area contributed by atoms with E-state index in [0.717, 1.165) is 11.3 Å². The number of hydrogen-bond acceptors (Lipinski definition) is 2. The summed E-state index contributed by atoms with van der Waals surface area (Å²) < 4.78 is 0. The second-order valence-electron chi connectivity index (χ2n) is 5.78. The van der Waals surface area contributed by atoms with Gasteiger partial charge >= 0.3 is 6.03 Å². The lowest BCUT2D eigenvalue weighted by molar-refractivity contribution is -0.118. The van der Waals surface area contributed by atoms with E-state index < -0.39 is 12.1 Å². The summed E-state index contributed by atoms with van der Waals surface area (Å²) in [6.07, 6.45) is 0.579. The predicted octanol–water partition coefficient (Wildman–Crippen LogP) is 3.58. The minimum Gasteiger partial charge on any atom is -0.326 e. The number of hydrogen-bond donors (Lipinski definition) is 2. The number of anilines is 2. The number of benzene rings is 2. The SMILES string of the molecule is Cc1ccc(N2CC[C@@H](NC(=O)Nc3cccc(Cl)c3)C2=O)cc1. The van der Waals surface area contributed by atoms with Gasteiger partial charge in [-0.15, -0.1) is 0 Å². The van der Waals surface area contributed by atoms with Gasteiger partial charge in [-0.05, 0) is 43.7 Å². The first-order valence-electron chi connectivity index (χ1n) is 7.74. The fourth-order valence-electron chi connectivity index (χ4n) is 2.69. The molecule has 0 radical (unpaired) electrons. The first-order valence-corrected chi connectivity index (χ1v) is 8.12. The van der Waals surface area contributed by atoms with E-state index in [4.69, 9.17) is 11.6 Å². The summed E-state index contributed by atoms with van der Waals surface area (Å²) >= 11 is 5.89. The zero-order chi connectivity index (χ0) is 17.1. The van der Waals surface area contributed by atoms with Crippen molar-refractivity contribution < 1.29 is 9.59 Å². The fourth-order valence-corrected chi connectivity index (χ4v) is 2.88. The van der Waals surface area contributed by atoms with E-state index in [0.29, 0.717) is 23.7 Å². The molecule has 0 aliphatic carbocycles. The molecule has 5 nitrogen and oxygen atoms in total. The lowest BCUT2D eigenvalue weighted by atomic mass is 10.2.